The van der Waals surface area contributed by atoms with Gasteiger partial charge in [0.25, 0.3) is 0 Å². The molecular weight excluding hydrogens is 322 g/mol. The molecule has 2 rings (SSSR count). The number of nitrogens with one attached hydrogen (secondary N) is 2. The van der Waals surface area contributed by atoms with Crippen molar-refractivity contribution < 1.29 is 9.53 Å². The van der Waals surface area contributed by atoms with Gasteiger partial charge in [-0.05, 0) is 73.5 Å². The first kappa shape index (κ1) is 17.7. The first-order valence-electron chi connectivity index (χ1n) is 7.41. The minimum atomic E-state index is -0.348. The third-order valence-electron chi connectivity index (χ3n) is 3.60. The van der Waals surface area contributed by atoms with Crippen molar-refractivity contribution in [2.45, 2.75) is 25.7 Å². The van der Waals surface area contributed by atoms with E-state index in [4.69, 9.17) is 10.00 Å². The Hall–Kier alpha value is -2.65. The van der Waals surface area contributed by atoms with Crippen molar-refractivity contribution in [3.63, 3.8) is 0 Å². The van der Waals surface area contributed by atoms with Crippen LogP contribution in [-0.2, 0) is 0 Å². The Kier molecular flexibility index (Phi) is 6.10. The van der Waals surface area contributed by atoms with Crippen LogP contribution in [0, 0.1) is 31.4 Å². The number of carbonyl (C=O) groups is 1. The number of hydrogen-bond acceptors (Lipinski definition) is 4. The van der Waals surface area contributed by atoms with Crippen LogP contribution in [-0.4, -0.2) is 12.8 Å². The summed E-state index contributed by atoms with van der Waals surface area (Å²) in [5.41, 5.74) is 3.90. The molecule has 6 heteroatoms. The minimum Gasteiger partial charge on any atom is -0.473 e. The highest BCUT2D eigenvalue weighted by Gasteiger charge is 2.07. The third-order valence-corrected chi connectivity index (χ3v) is 4.20. The topological polar surface area (TPSA) is 74.2 Å². The van der Waals surface area contributed by atoms with Gasteiger partial charge in [-0.2, -0.15) is 5.26 Å². The van der Waals surface area contributed by atoms with Gasteiger partial charge in [-0.3, -0.25) is 0 Å². The van der Waals surface area contributed by atoms with E-state index in [-0.39, 0.29) is 12.8 Å². The lowest BCUT2D eigenvalue weighted by Gasteiger charge is -2.14. The number of ether oxygens (including phenoxy) is 1. The first-order valence-corrected chi connectivity index (χ1v) is 8.23. The Bertz CT molecular complexity index is 767. The van der Waals surface area contributed by atoms with Crippen LogP contribution in [0.15, 0.2) is 41.3 Å². The zero-order chi connectivity index (χ0) is 17.5. The quantitative estimate of drug-likeness (QED) is 0.482. The molecule has 0 aromatic heterocycles. The van der Waals surface area contributed by atoms with Crippen LogP contribution >= 0.6 is 11.8 Å². The molecule has 0 saturated heterocycles. The molecular formula is C18H19N3O2S. The molecule has 5 nitrogen and oxygen atoms in total. The molecule has 0 aliphatic heterocycles. The normalized spacial score (nSPS) is 9.92. The van der Waals surface area contributed by atoms with Crippen molar-refractivity contribution in [2.24, 2.45) is 0 Å². The van der Waals surface area contributed by atoms with E-state index in [1.54, 1.807) is 24.3 Å². The molecule has 0 unspecified atom stereocenters. The second-order valence-electron chi connectivity index (χ2n) is 5.29. The van der Waals surface area contributed by atoms with Crippen molar-refractivity contribution in [3.05, 3.63) is 53.1 Å². The van der Waals surface area contributed by atoms with Crippen LogP contribution in [0.25, 0.3) is 0 Å². The average Bonchev–Trinajstić information content (AvgIpc) is 2.56. The molecule has 0 spiro atoms. The number of aryl methyl sites for hydroxylation is 2. The van der Waals surface area contributed by atoms with E-state index in [9.17, 15) is 4.79 Å². The fourth-order valence-corrected chi connectivity index (χ4v) is 2.53. The number of rotatable bonds is 5. The van der Waals surface area contributed by atoms with Gasteiger partial charge in [-0.1, -0.05) is 12.1 Å². The number of hydrogen-bond donors (Lipinski definition) is 2. The molecule has 0 heterocycles. The van der Waals surface area contributed by atoms with Gasteiger partial charge in [0.1, 0.15) is 11.2 Å². The van der Waals surface area contributed by atoms with Crippen LogP contribution in [0.3, 0.4) is 0 Å². The maximum Gasteiger partial charge on any atom is 0.321 e. The summed E-state index contributed by atoms with van der Waals surface area (Å²) in [4.78, 5) is 12.7. The van der Waals surface area contributed by atoms with Crippen LogP contribution in [0.1, 0.15) is 16.7 Å². The fraction of sp³-hybridized carbons (Fsp3) is 0.222. The lowest BCUT2D eigenvalue weighted by Crippen LogP contribution is -2.32. The molecule has 2 aromatic rings. The van der Waals surface area contributed by atoms with Crippen LogP contribution in [0.4, 0.5) is 10.5 Å². The molecule has 0 radical (unpaired) electrons. The maximum atomic E-state index is 11.9. The zero-order valence-electron chi connectivity index (χ0n) is 13.8. The SMILES string of the molecule is Cc1ccc(C)c(OCNC(=O)Nc2ccc(SC#N)cc2)c1C. The van der Waals surface area contributed by atoms with Gasteiger partial charge in [-0.15, -0.1) is 0 Å². The Labute approximate surface area is 146 Å². The van der Waals surface area contributed by atoms with E-state index in [1.807, 2.05) is 38.3 Å². The first-order chi connectivity index (χ1) is 11.5. The van der Waals surface area contributed by atoms with Crippen molar-refractivity contribution in [3.8, 4) is 11.2 Å². The van der Waals surface area contributed by atoms with Gasteiger partial charge in [0, 0.05) is 10.6 Å². The summed E-state index contributed by atoms with van der Waals surface area (Å²) >= 11 is 1.08. The summed E-state index contributed by atoms with van der Waals surface area (Å²) in [6.07, 6.45) is 0. The van der Waals surface area contributed by atoms with Crippen LogP contribution < -0.4 is 15.4 Å². The lowest BCUT2D eigenvalue weighted by molar-refractivity contribution is 0.234. The molecule has 2 amide bonds. The number of carbonyl (C=O) groups excluding carboxylic acids is 1. The second kappa shape index (κ2) is 8.27. The van der Waals surface area contributed by atoms with E-state index < -0.39 is 0 Å². The van der Waals surface area contributed by atoms with E-state index in [1.165, 1.54) is 0 Å². The van der Waals surface area contributed by atoms with Crippen molar-refractivity contribution in [1.29, 1.82) is 5.26 Å². The molecule has 2 aromatic carbocycles. The highest BCUT2D eigenvalue weighted by atomic mass is 32.2. The summed E-state index contributed by atoms with van der Waals surface area (Å²) < 4.78 is 5.70. The minimum absolute atomic E-state index is 0.0827. The van der Waals surface area contributed by atoms with Crippen LogP contribution in [0.5, 0.6) is 5.75 Å². The number of urea groups is 1. The van der Waals surface area contributed by atoms with E-state index in [0.717, 1.165) is 39.1 Å². The Morgan fingerprint density at radius 1 is 1.12 bits per heavy atom. The second-order valence-corrected chi connectivity index (χ2v) is 6.15. The highest BCUT2D eigenvalue weighted by Crippen LogP contribution is 2.25. The van der Waals surface area contributed by atoms with Crippen LogP contribution in [0.2, 0.25) is 0 Å². The molecule has 0 atom stereocenters. The molecule has 0 saturated carbocycles. The molecule has 0 aliphatic rings. The summed E-state index contributed by atoms with van der Waals surface area (Å²) in [7, 11) is 0. The zero-order valence-corrected chi connectivity index (χ0v) is 14.7. The molecule has 0 fully saturated rings. The average molecular weight is 341 g/mol. The number of nitriles is 1. The van der Waals surface area contributed by atoms with Crippen molar-refractivity contribution in [2.75, 3.05) is 12.0 Å². The molecule has 0 aliphatic carbocycles. The van der Waals surface area contributed by atoms with E-state index in [2.05, 4.69) is 10.6 Å². The van der Waals surface area contributed by atoms with Gasteiger partial charge in [0.05, 0.1) is 0 Å². The van der Waals surface area contributed by atoms with Gasteiger partial charge in [0.15, 0.2) is 6.73 Å². The Balaban J connectivity index is 1.86. The van der Waals surface area contributed by atoms with E-state index >= 15 is 0 Å². The molecule has 0 bridgehead atoms. The third kappa shape index (κ3) is 4.67. The number of thiocyanates is 1. The summed E-state index contributed by atoms with van der Waals surface area (Å²) in [5, 5.41) is 16.0. The molecule has 24 heavy (non-hydrogen) atoms. The Morgan fingerprint density at radius 3 is 2.46 bits per heavy atom. The number of thioether (sulfide) groups is 1. The lowest BCUT2D eigenvalue weighted by atomic mass is 10.1. The summed E-state index contributed by atoms with van der Waals surface area (Å²) in [6, 6.07) is 10.7. The number of benzene rings is 2. The van der Waals surface area contributed by atoms with Gasteiger partial charge < -0.3 is 15.4 Å². The number of anilines is 1. The van der Waals surface area contributed by atoms with Gasteiger partial charge in [-0.25, -0.2) is 4.79 Å². The van der Waals surface area contributed by atoms with Gasteiger partial charge in [0.2, 0.25) is 0 Å². The van der Waals surface area contributed by atoms with Gasteiger partial charge >= 0.3 is 6.03 Å². The van der Waals surface area contributed by atoms with E-state index in [0.29, 0.717) is 5.69 Å². The largest absolute Gasteiger partial charge is 0.473 e. The van der Waals surface area contributed by atoms with Crippen molar-refractivity contribution in [1.82, 2.24) is 5.32 Å². The molecule has 2 N–H and O–H groups in total. The predicted molar refractivity (Wildman–Crippen MR) is 96.2 cm³/mol. The monoisotopic (exact) mass is 341 g/mol. The predicted octanol–water partition coefficient (Wildman–Crippen LogP) is 4.34. The molecule has 124 valence electrons. The smallest absolute Gasteiger partial charge is 0.321 e. The summed E-state index contributed by atoms with van der Waals surface area (Å²) in [6.45, 7) is 6.08. The highest BCUT2D eigenvalue weighted by molar-refractivity contribution is 8.03. The fourth-order valence-electron chi connectivity index (χ4n) is 2.16. The summed E-state index contributed by atoms with van der Waals surface area (Å²) in [5.74, 6) is 0.799. The van der Waals surface area contributed by atoms with Crippen molar-refractivity contribution >= 4 is 23.5 Å². The number of amides is 2. The standard InChI is InChI=1S/C18H19N3O2S/c1-12-4-5-13(2)17(14(12)3)23-11-20-18(22)21-15-6-8-16(9-7-15)24-10-19/h4-9H,11H2,1-3H3,(H2,20,21,22). The number of nitrogens with zero attached hydrogens (tertiary/aromatic N) is 1. The maximum absolute atomic E-state index is 11.9. The Morgan fingerprint density at radius 2 is 1.79 bits per heavy atom.